The first-order valence-corrected chi connectivity index (χ1v) is 10.8. The quantitative estimate of drug-likeness (QED) is 0.448. The van der Waals surface area contributed by atoms with Crippen molar-refractivity contribution in [3.8, 4) is 0 Å². The molecule has 5 heteroatoms. The Hall–Kier alpha value is -2.17. The molecule has 0 aromatic rings. The fraction of sp³-hybridized carbons (Fsp3) is 0.600. The SMILES string of the molecule is [CH2][C@]12CC[C@H]3C(C)(C)C(=O)C=C[C@]3(C)[C@@H]1C[C@]1(C)C3=C(C(=O)OC3)C(=O)C(C)=C1O2. The highest BCUT2D eigenvalue weighted by molar-refractivity contribution is 6.26. The van der Waals surface area contributed by atoms with Gasteiger partial charge in [-0.25, -0.2) is 4.79 Å². The third-order valence-corrected chi connectivity index (χ3v) is 8.94. The Kier molecular flexibility index (Phi) is 3.65. The summed E-state index contributed by atoms with van der Waals surface area (Å²) >= 11 is 0. The van der Waals surface area contributed by atoms with Gasteiger partial charge in [0.05, 0.1) is 5.41 Å². The first-order valence-electron chi connectivity index (χ1n) is 10.8. The van der Waals surface area contributed by atoms with Crippen molar-refractivity contribution in [1.82, 2.24) is 0 Å². The Morgan fingerprint density at radius 1 is 1.10 bits per heavy atom. The highest BCUT2D eigenvalue weighted by Crippen LogP contribution is 2.67. The van der Waals surface area contributed by atoms with E-state index in [1.54, 1.807) is 13.0 Å². The highest BCUT2D eigenvalue weighted by Gasteiger charge is 2.65. The lowest BCUT2D eigenvalue weighted by molar-refractivity contribution is -0.178. The van der Waals surface area contributed by atoms with E-state index in [0.29, 0.717) is 17.8 Å². The maximum atomic E-state index is 12.9. The van der Waals surface area contributed by atoms with Gasteiger partial charge >= 0.3 is 5.97 Å². The minimum Gasteiger partial charge on any atom is -0.490 e. The van der Waals surface area contributed by atoms with Crippen molar-refractivity contribution in [3.05, 3.63) is 41.6 Å². The first-order chi connectivity index (χ1) is 13.9. The number of hydrogen-bond acceptors (Lipinski definition) is 5. The molecule has 0 spiro atoms. The van der Waals surface area contributed by atoms with Gasteiger partial charge < -0.3 is 9.47 Å². The Morgan fingerprint density at radius 2 is 1.80 bits per heavy atom. The first kappa shape index (κ1) is 19.8. The van der Waals surface area contributed by atoms with E-state index in [9.17, 15) is 14.4 Å². The fourth-order valence-electron chi connectivity index (χ4n) is 7.15. The van der Waals surface area contributed by atoms with Crippen LogP contribution in [0.4, 0.5) is 0 Å². The summed E-state index contributed by atoms with van der Waals surface area (Å²) < 4.78 is 11.9. The zero-order chi connectivity index (χ0) is 21.9. The summed E-state index contributed by atoms with van der Waals surface area (Å²) in [7, 11) is 0. The van der Waals surface area contributed by atoms with E-state index in [1.807, 2.05) is 13.8 Å². The van der Waals surface area contributed by atoms with E-state index in [0.717, 1.165) is 18.4 Å². The van der Waals surface area contributed by atoms with E-state index in [1.165, 1.54) is 0 Å². The Bertz CT molecular complexity index is 1010. The topological polar surface area (TPSA) is 69.7 Å². The summed E-state index contributed by atoms with van der Waals surface area (Å²) in [4.78, 5) is 37.9. The zero-order valence-corrected chi connectivity index (χ0v) is 18.4. The molecular weight excluding hydrogens is 380 g/mol. The summed E-state index contributed by atoms with van der Waals surface area (Å²) in [5.41, 5.74) is -0.576. The highest BCUT2D eigenvalue weighted by atomic mass is 16.5. The molecule has 2 fully saturated rings. The number of hydrogen-bond donors (Lipinski definition) is 0. The van der Waals surface area contributed by atoms with Crippen molar-refractivity contribution < 1.29 is 23.9 Å². The number of carbonyl (C=O) groups excluding carboxylic acids is 3. The number of rotatable bonds is 0. The van der Waals surface area contributed by atoms with Crippen LogP contribution in [-0.2, 0) is 23.9 Å². The molecule has 0 aromatic heterocycles. The summed E-state index contributed by atoms with van der Waals surface area (Å²) in [6.07, 6.45) is 6.08. The van der Waals surface area contributed by atoms with Crippen molar-refractivity contribution in [2.45, 2.75) is 59.5 Å². The van der Waals surface area contributed by atoms with Crippen molar-refractivity contribution in [2.75, 3.05) is 6.61 Å². The third kappa shape index (κ3) is 2.11. The van der Waals surface area contributed by atoms with Gasteiger partial charge in [0.1, 0.15) is 23.5 Å². The minimum atomic E-state index is -0.677. The van der Waals surface area contributed by atoms with Gasteiger partial charge in [0.2, 0.25) is 0 Å². The van der Waals surface area contributed by atoms with Gasteiger partial charge in [-0.05, 0) is 63.0 Å². The molecule has 0 N–H and O–H groups in total. The van der Waals surface area contributed by atoms with Crippen LogP contribution in [0.3, 0.4) is 0 Å². The molecule has 159 valence electrons. The van der Waals surface area contributed by atoms with Crippen LogP contribution in [0.25, 0.3) is 0 Å². The van der Waals surface area contributed by atoms with E-state index in [-0.39, 0.29) is 41.0 Å². The Morgan fingerprint density at radius 3 is 2.50 bits per heavy atom. The molecule has 2 aliphatic heterocycles. The van der Waals surface area contributed by atoms with Crippen molar-refractivity contribution in [3.63, 3.8) is 0 Å². The zero-order valence-electron chi connectivity index (χ0n) is 18.4. The Balaban J connectivity index is 1.67. The van der Waals surface area contributed by atoms with Gasteiger partial charge in [-0.1, -0.05) is 26.8 Å². The largest absolute Gasteiger partial charge is 0.490 e. The molecule has 30 heavy (non-hydrogen) atoms. The van der Waals surface area contributed by atoms with E-state index in [2.05, 4.69) is 26.8 Å². The predicted molar refractivity (Wildman–Crippen MR) is 110 cm³/mol. The number of Topliss-reactive ketones (excluding diaryl/α,β-unsaturated/α-hetero) is 1. The molecule has 2 heterocycles. The maximum Gasteiger partial charge on any atom is 0.342 e. The molecule has 1 saturated carbocycles. The molecule has 0 aromatic carbocycles. The maximum absolute atomic E-state index is 12.9. The number of fused-ring (bicyclic) bond motifs is 5. The fourth-order valence-corrected chi connectivity index (χ4v) is 7.15. The molecule has 0 amide bonds. The second-order valence-electron chi connectivity index (χ2n) is 10.8. The van der Waals surface area contributed by atoms with Gasteiger partial charge in [0, 0.05) is 16.9 Å². The van der Waals surface area contributed by atoms with Crippen LogP contribution in [0.5, 0.6) is 0 Å². The van der Waals surface area contributed by atoms with Crippen LogP contribution in [0.2, 0.25) is 0 Å². The third-order valence-electron chi connectivity index (χ3n) is 8.94. The van der Waals surface area contributed by atoms with Crippen molar-refractivity contribution in [1.29, 1.82) is 0 Å². The average Bonchev–Trinajstić information content (AvgIpc) is 3.06. The molecule has 3 aliphatic carbocycles. The summed E-state index contributed by atoms with van der Waals surface area (Å²) in [6.45, 7) is 14.8. The number of carbonyl (C=O) groups is 3. The number of ether oxygens (including phenoxy) is 2. The van der Waals surface area contributed by atoms with Crippen LogP contribution in [0, 0.1) is 35.0 Å². The second kappa shape index (κ2) is 5.54. The molecule has 1 saturated heterocycles. The average molecular weight is 410 g/mol. The normalized spacial score (nSPS) is 44.1. The predicted octanol–water partition coefficient (Wildman–Crippen LogP) is 3.89. The van der Waals surface area contributed by atoms with Gasteiger partial charge in [0.25, 0.3) is 0 Å². The molecule has 1 radical (unpaired) electrons. The molecule has 0 unspecified atom stereocenters. The lowest BCUT2D eigenvalue weighted by Crippen LogP contribution is -2.62. The number of allylic oxidation sites excluding steroid dienone is 4. The molecule has 0 bridgehead atoms. The van der Waals surface area contributed by atoms with Crippen LogP contribution < -0.4 is 0 Å². The van der Waals surface area contributed by atoms with E-state index >= 15 is 0 Å². The number of cyclic esters (lactones) is 1. The van der Waals surface area contributed by atoms with Crippen LogP contribution in [-0.4, -0.2) is 29.7 Å². The Labute approximate surface area is 177 Å². The number of ketones is 2. The van der Waals surface area contributed by atoms with E-state index < -0.39 is 22.4 Å². The molecule has 5 rings (SSSR count). The standard InChI is InChI=1S/C25H29O5/c1-13-19(27)18-14(12-29-21(18)28)24(5)11-16-23(4)9-8-17(26)22(2,3)15(23)7-10-25(16,6)30-20(13)24/h8-9,15-16H,6-7,10-12H2,1-5H3/t15-,16-,23-,24+,25-/m0/s1. The second-order valence-corrected chi connectivity index (χ2v) is 10.8. The smallest absolute Gasteiger partial charge is 0.342 e. The van der Waals surface area contributed by atoms with E-state index in [4.69, 9.17) is 9.47 Å². The number of esters is 1. The van der Waals surface area contributed by atoms with Crippen LogP contribution >= 0.6 is 0 Å². The minimum absolute atomic E-state index is 0.0339. The summed E-state index contributed by atoms with van der Waals surface area (Å²) in [5.74, 6) is 0.217. The molecule has 5 atom stereocenters. The monoisotopic (exact) mass is 409 g/mol. The van der Waals surface area contributed by atoms with Crippen LogP contribution in [0.15, 0.2) is 34.6 Å². The molecular formula is C25H29O5. The van der Waals surface area contributed by atoms with Gasteiger partial charge in [-0.2, -0.15) is 0 Å². The lowest BCUT2D eigenvalue weighted by Gasteiger charge is -2.64. The van der Waals surface area contributed by atoms with Gasteiger partial charge in [-0.15, -0.1) is 0 Å². The van der Waals surface area contributed by atoms with Crippen molar-refractivity contribution in [2.24, 2.45) is 28.1 Å². The van der Waals surface area contributed by atoms with Crippen molar-refractivity contribution >= 4 is 17.5 Å². The summed E-state index contributed by atoms with van der Waals surface area (Å²) in [6, 6.07) is 0. The molecule has 5 nitrogen and oxygen atoms in total. The lowest BCUT2D eigenvalue weighted by atomic mass is 9.44. The van der Waals surface area contributed by atoms with Crippen LogP contribution in [0.1, 0.15) is 53.9 Å². The summed E-state index contributed by atoms with van der Waals surface area (Å²) in [5, 5.41) is 0. The molecule has 5 aliphatic rings. The van der Waals surface area contributed by atoms with Gasteiger partial charge in [0.15, 0.2) is 11.6 Å². The van der Waals surface area contributed by atoms with Gasteiger partial charge in [-0.3, -0.25) is 9.59 Å².